The minimum absolute atomic E-state index is 0.0745. The fraction of sp³-hybridized carbons (Fsp3) is 0.149. The van der Waals surface area contributed by atoms with Gasteiger partial charge in [-0.2, -0.15) is 0 Å². The first-order valence-corrected chi connectivity index (χ1v) is 21.7. The van der Waals surface area contributed by atoms with Gasteiger partial charge in [-0.3, -0.25) is 0 Å². The Bertz CT molecular complexity index is 2580. The van der Waals surface area contributed by atoms with Crippen molar-refractivity contribution < 1.29 is 37.4 Å². The van der Waals surface area contributed by atoms with Gasteiger partial charge in [0, 0.05) is 36.5 Å². The number of rotatable bonds is 9. The lowest BCUT2D eigenvalue weighted by Gasteiger charge is -2.24. The zero-order chi connectivity index (χ0) is 42.8. The van der Waals surface area contributed by atoms with E-state index in [0.717, 1.165) is 35.6 Å². The molecule has 0 spiro atoms. The lowest BCUT2D eigenvalue weighted by Crippen LogP contribution is -2.66. The van der Waals surface area contributed by atoms with Crippen LogP contribution in [0, 0.1) is 19.3 Å². The molecule has 306 valence electrons. The minimum atomic E-state index is -4.27. The summed E-state index contributed by atoms with van der Waals surface area (Å²) in [6.45, 7) is 5.24. The van der Waals surface area contributed by atoms with Crippen LogP contribution in [0.3, 0.4) is 0 Å². The van der Waals surface area contributed by atoms with Crippen molar-refractivity contribution in [2.75, 3.05) is 37.4 Å². The third-order valence-electron chi connectivity index (χ3n) is 9.95. The van der Waals surface area contributed by atoms with Crippen LogP contribution in [0.5, 0.6) is 0 Å². The number of anilines is 3. The smallest absolute Gasteiger partial charge is 0.124 e. The molecule has 1 aliphatic rings. The summed E-state index contributed by atoms with van der Waals surface area (Å²) in [5.41, 5.74) is 18.3. The van der Waals surface area contributed by atoms with E-state index in [-0.39, 0.29) is 15.2 Å². The van der Waals surface area contributed by atoms with Gasteiger partial charge in [-0.15, -0.1) is 0 Å². The van der Waals surface area contributed by atoms with Gasteiger partial charge in [0.1, 0.15) is 25.7 Å². The molecule has 10 nitrogen and oxygen atoms in total. The summed E-state index contributed by atoms with van der Waals surface area (Å²) in [4.78, 5) is 1.78. The minimum Gasteiger partial charge on any atom is -0.744 e. The molecule has 6 aromatic rings. The van der Waals surface area contributed by atoms with E-state index in [1.165, 1.54) is 63.0 Å². The van der Waals surface area contributed by atoms with Crippen LogP contribution in [0.15, 0.2) is 179 Å². The highest BCUT2D eigenvalue weighted by molar-refractivity contribution is 7.86. The van der Waals surface area contributed by atoms with Crippen molar-refractivity contribution in [3.05, 3.63) is 192 Å². The largest absolute Gasteiger partial charge is 0.744 e. The SMILES string of the molecule is CN(C)c1ccc(C(=C2C=CC(C[NH3+])(C[NH3+])C=C2)c2ccc(Nc3ccccc3)c3ccccc23)cc1.Cc1ccc(S(=O)(=O)[O-])cc1.Cc1ccc(S(=O)(=O)[O-])cc1. The number of benzene rings is 6. The average molecular weight is 831 g/mol. The van der Waals surface area contributed by atoms with E-state index in [0.29, 0.717) is 0 Å². The van der Waals surface area contributed by atoms with Crippen LogP contribution >= 0.6 is 0 Å². The second-order valence-electron chi connectivity index (χ2n) is 14.4. The monoisotopic (exact) mass is 830 g/mol. The number of para-hydroxylation sites is 1. The van der Waals surface area contributed by atoms with Gasteiger partial charge in [0.2, 0.25) is 0 Å². The predicted octanol–water partition coefficient (Wildman–Crippen LogP) is 6.85. The summed E-state index contributed by atoms with van der Waals surface area (Å²) < 4.78 is 62.3. The van der Waals surface area contributed by atoms with E-state index in [2.05, 4.69) is 145 Å². The predicted molar refractivity (Wildman–Crippen MR) is 235 cm³/mol. The molecule has 0 fully saturated rings. The first-order chi connectivity index (χ1) is 28.0. The van der Waals surface area contributed by atoms with Crippen LogP contribution in [-0.2, 0) is 20.2 Å². The quantitative estimate of drug-likeness (QED) is 0.132. The Hall–Kier alpha value is -5.86. The molecule has 12 heteroatoms. The molecule has 0 bridgehead atoms. The van der Waals surface area contributed by atoms with E-state index in [1.807, 2.05) is 19.9 Å². The second-order valence-corrected chi connectivity index (χ2v) is 17.2. The van der Waals surface area contributed by atoms with Crippen molar-refractivity contribution in [3.8, 4) is 0 Å². The molecule has 0 unspecified atom stereocenters. The van der Waals surface area contributed by atoms with Gasteiger partial charge >= 0.3 is 0 Å². The third-order valence-corrected chi connectivity index (χ3v) is 11.6. The van der Waals surface area contributed by atoms with Gasteiger partial charge in [0.25, 0.3) is 0 Å². The zero-order valence-electron chi connectivity index (χ0n) is 33.6. The fourth-order valence-corrected chi connectivity index (χ4v) is 7.30. The van der Waals surface area contributed by atoms with Crippen LogP contribution in [0.4, 0.5) is 17.1 Å². The molecular formula is C47H50N4O6S2. The molecule has 0 aliphatic heterocycles. The summed E-state index contributed by atoms with van der Waals surface area (Å²) in [7, 11) is -4.39. The Balaban J connectivity index is 0.000000244. The maximum atomic E-state index is 10.4. The molecule has 0 saturated carbocycles. The molecule has 7 N–H and O–H groups in total. The van der Waals surface area contributed by atoms with Crippen molar-refractivity contribution in [1.82, 2.24) is 0 Å². The summed E-state index contributed by atoms with van der Waals surface area (Å²) in [6, 6.07) is 43.9. The first kappa shape index (κ1) is 44.2. The molecule has 0 amide bonds. The topological polar surface area (TPSA) is 185 Å². The number of aryl methyl sites for hydroxylation is 2. The van der Waals surface area contributed by atoms with Gasteiger partial charge in [0.05, 0.1) is 22.9 Å². The van der Waals surface area contributed by atoms with Gasteiger partial charge in [0.15, 0.2) is 0 Å². The number of nitrogens with one attached hydrogen (secondary N) is 1. The number of fused-ring (bicyclic) bond motifs is 1. The third kappa shape index (κ3) is 11.6. The van der Waals surface area contributed by atoms with Gasteiger partial charge in [-0.25, -0.2) is 16.8 Å². The fourth-order valence-electron chi connectivity index (χ4n) is 6.36. The van der Waals surface area contributed by atoms with Crippen LogP contribution in [0.1, 0.15) is 22.3 Å². The summed E-state index contributed by atoms with van der Waals surface area (Å²) in [6.07, 6.45) is 9.08. The van der Waals surface area contributed by atoms with Gasteiger partial charge < -0.3 is 30.8 Å². The maximum Gasteiger partial charge on any atom is 0.124 e. The van der Waals surface area contributed by atoms with Gasteiger partial charge in [-0.05, 0) is 96.1 Å². The number of nitrogens with zero attached hydrogens (tertiary/aromatic N) is 1. The van der Waals surface area contributed by atoms with Crippen LogP contribution in [0.25, 0.3) is 16.3 Å². The van der Waals surface area contributed by atoms with Gasteiger partial charge in [-0.1, -0.05) is 120 Å². The van der Waals surface area contributed by atoms with Crippen LogP contribution in [0.2, 0.25) is 0 Å². The Kier molecular flexibility index (Phi) is 14.4. The Morgan fingerprint density at radius 2 is 1.08 bits per heavy atom. The molecule has 0 radical (unpaired) electrons. The van der Waals surface area contributed by atoms with E-state index < -0.39 is 20.2 Å². The van der Waals surface area contributed by atoms with Crippen molar-refractivity contribution in [1.29, 1.82) is 0 Å². The standard InChI is InChI=1S/C33H34N4.2C7H8O3S/c1-37(2)27-14-12-24(13-15-27)32(25-18-20-33(22-34,23-35)21-19-25)30-16-17-31(29-11-7-6-10-28(29)30)36-26-8-4-3-5-9-26;2*1-6-2-4-7(5-3-6)11(8,9)10/h3-21,36H,22-23,34-35H2,1-2H3;2*2-5H,1H3,(H,8,9,10). The molecular weight excluding hydrogens is 781 g/mol. The van der Waals surface area contributed by atoms with E-state index in [9.17, 15) is 25.9 Å². The highest BCUT2D eigenvalue weighted by Crippen LogP contribution is 2.39. The normalized spacial score (nSPS) is 13.1. The lowest BCUT2D eigenvalue weighted by molar-refractivity contribution is -0.429. The molecule has 1 aliphatic carbocycles. The van der Waals surface area contributed by atoms with Crippen molar-refractivity contribution in [2.45, 2.75) is 23.6 Å². The number of hydrogen-bond acceptors (Lipinski definition) is 8. The van der Waals surface area contributed by atoms with Crippen LogP contribution in [-0.4, -0.2) is 53.1 Å². The molecule has 0 saturated heterocycles. The lowest BCUT2D eigenvalue weighted by atomic mass is 9.80. The molecule has 6 aromatic carbocycles. The Labute approximate surface area is 347 Å². The summed E-state index contributed by atoms with van der Waals surface area (Å²) in [5, 5.41) is 6.03. The molecule has 0 aromatic heterocycles. The number of quaternary nitrogens is 2. The Morgan fingerprint density at radius 3 is 1.54 bits per heavy atom. The zero-order valence-corrected chi connectivity index (χ0v) is 35.3. The van der Waals surface area contributed by atoms with E-state index in [4.69, 9.17) is 0 Å². The van der Waals surface area contributed by atoms with E-state index >= 15 is 0 Å². The highest BCUT2D eigenvalue weighted by atomic mass is 32.2. The van der Waals surface area contributed by atoms with Crippen molar-refractivity contribution in [3.63, 3.8) is 0 Å². The summed E-state index contributed by atoms with van der Waals surface area (Å²) >= 11 is 0. The molecule has 7 rings (SSSR count). The number of hydrogen-bond donors (Lipinski definition) is 3. The average Bonchev–Trinajstić information content (AvgIpc) is 3.23. The molecule has 0 heterocycles. The summed E-state index contributed by atoms with van der Waals surface area (Å²) in [5.74, 6) is 0. The first-order valence-electron chi connectivity index (χ1n) is 18.9. The highest BCUT2D eigenvalue weighted by Gasteiger charge is 2.28. The number of allylic oxidation sites excluding steroid dienone is 3. The van der Waals surface area contributed by atoms with E-state index in [1.54, 1.807) is 24.3 Å². The Morgan fingerprint density at radius 1 is 0.610 bits per heavy atom. The second kappa shape index (κ2) is 19.3. The molecule has 59 heavy (non-hydrogen) atoms. The van der Waals surface area contributed by atoms with Crippen molar-refractivity contribution in [2.24, 2.45) is 5.41 Å². The van der Waals surface area contributed by atoms with Crippen LogP contribution < -0.4 is 21.7 Å². The molecule has 0 atom stereocenters. The van der Waals surface area contributed by atoms with Crippen molar-refractivity contribution >= 4 is 53.6 Å². The maximum absolute atomic E-state index is 10.4.